The van der Waals surface area contributed by atoms with Gasteiger partial charge in [0.25, 0.3) is 5.56 Å². The molecule has 0 fully saturated rings. The number of aromatic amines is 1. The lowest BCUT2D eigenvalue weighted by Crippen LogP contribution is -2.34. The van der Waals surface area contributed by atoms with Crippen LogP contribution in [0.2, 0.25) is 5.02 Å². The highest BCUT2D eigenvalue weighted by molar-refractivity contribution is 7.99. The summed E-state index contributed by atoms with van der Waals surface area (Å²) < 4.78 is 82.7. The van der Waals surface area contributed by atoms with Crippen LogP contribution in [0, 0.1) is 11.6 Å². The summed E-state index contributed by atoms with van der Waals surface area (Å²) in [5, 5.41) is -0.983. The summed E-state index contributed by atoms with van der Waals surface area (Å²) in [5.74, 6) is -2.34. The van der Waals surface area contributed by atoms with Crippen LogP contribution in [-0.4, -0.2) is 41.7 Å². The molecule has 0 saturated heterocycles. The summed E-state index contributed by atoms with van der Waals surface area (Å²) in [7, 11) is 1.46. The number of rotatable bonds is 5. The first-order chi connectivity index (χ1) is 16.0. The molecule has 0 aliphatic carbocycles. The van der Waals surface area contributed by atoms with Gasteiger partial charge in [-0.05, 0) is 12.1 Å². The lowest BCUT2D eigenvalue weighted by atomic mass is 9.96. The molecule has 1 aliphatic heterocycles. The van der Waals surface area contributed by atoms with Crippen molar-refractivity contribution in [2.45, 2.75) is 23.7 Å². The normalized spacial score (nSPS) is 16.1. The molecule has 1 atom stereocenters. The number of hydrogen-bond donors (Lipinski definition) is 1. The van der Waals surface area contributed by atoms with Crippen molar-refractivity contribution < 1.29 is 31.4 Å². The second-order valence-electron chi connectivity index (χ2n) is 7.43. The third-order valence-corrected chi connectivity index (χ3v) is 6.78. The number of nitrogens with zero attached hydrogens (tertiary/aromatic N) is 1. The van der Waals surface area contributed by atoms with Crippen LogP contribution in [0.15, 0.2) is 32.7 Å². The molecule has 1 unspecified atom stereocenters. The van der Waals surface area contributed by atoms with Crippen molar-refractivity contribution in [3.05, 3.63) is 61.3 Å². The molecule has 0 saturated carbocycles. The molecule has 13 heteroatoms. The fraction of sp³-hybridized carbons (Fsp3) is 0.333. The standard InChI is InChI=1S/C21H16ClF5N2O4S/c1-32-2-3-33-9-7-29-17-11(19(30)28-20(29)31)4-12(21(25,26)27)16(18(17)34-8-9)10-5-13(22)15(24)6-14(10)23/h4-6,9H,2-3,7-8H2,1H3,(H,28,30,31). The van der Waals surface area contributed by atoms with E-state index in [-0.39, 0.29) is 35.9 Å². The third-order valence-electron chi connectivity index (χ3n) is 5.26. The van der Waals surface area contributed by atoms with Crippen molar-refractivity contribution in [2.24, 2.45) is 0 Å². The summed E-state index contributed by atoms with van der Waals surface area (Å²) in [6.45, 7) is 0.322. The van der Waals surface area contributed by atoms with Gasteiger partial charge in [0, 0.05) is 35.0 Å². The van der Waals surface area contributed by atoms with Gasteiger partial charge in [0.05, 0.1) is 47.4 Å². The molecule has 0 bridgehead atoms. The van der Waals surface area contributed by atoms with Crippen LogP contribution >= 0.6 is 23.4 Å². The molecule has 0 spiro atoms. The van der Waals surface area contributed by atoms with Crippen LogP contribution in [0.25, 0.3) is 22.0 Å². The highest BCUT2D eigenvalue weighted by Crippen LogP contribution is 2.47. The third kappa shape index (κ3) is 4.47. The predicted octanol–water partition coefficient (Wildman–Crippen LogP) is 4.44. The van der Waals surface area contributed by atoms with Gasteiger partial charge in [-0.15, -0.1) is 11.8 Å². The molecule has 2 heterocycles. The minimum atomic E-state index is -5.01. The first kappa shape index (κ1) is 24.7. The Bertz CT molecular complexity index is 1390. The van der Waals surface area contributed by atoms with Gasteiger partial charge in [-0.2, -0.15) is 13.2 Å². The molecule has 6 nitrogen and oxygen atoms in total. The Morgan fingerprint density at radius 2 is 1.91 bits per heavy atom. The Kier molecular flexibility index (Phi) is 6.78. The van der Waals surface area contributed by atoms with Crippen LogP contribution in [0.1, 0.15) is 5.56 Å². The van der Waals surface area contributed by atoms with Crippen molar-refractivity contribution in [1.82, 2.24) is 9.55 Å². The van der Waals surface area contributed by atoms with Crippen LogP contribution in [0.5, 0.6) is 0 Å². The van der Waals surface area contributed by atoms with E-state index in [1.807, 2.05) is 4.98 Å². The number of H-pyrrole nitrogens is 1. The molecule has 1 aliphatic rings. The molecular formula is C21H16ClF5N2O4S. The molecule has 2 aromatic carbocycles. The van der Waals surface area contributed by atoms with E-state index in [2.05, 4.69) is 0 Å². The summed E-state index contributed by atoms with van der Waals surface area (Å²) in [6, 6.07) is 1.71. The van der Waals surface area contributed by atoms with Gasteiger partial charge < -0.3 is 9.47 Å². The maximum atomic E-state index is 14.8. The van der Waals surface area contributed by atoms with Gasteiger partial charge in [0.15, 0.2) is 0 Å². The zero-order valence-corrected chi connectivity index (χ0v) is 19.0. The minimum Gasteiger partial charge on any atom is -0.382 e. The molecule has 34 heavy (non-hydrogen) atoms. The fourth-order valence-corrected chi connectivity index (χ4v) is 5.21. The van der Waals surface area contributed by atoms with Crippen LogP contribution in [-0.2, 0) is 22.2 Å². The van der Waals surface area contributed by atoms with Crippen molar-refractivity contribution in [2.75, 3.05) is 26.1 Å². The van der Waals surface area contributed by atoms with E-state index in [9.17, 15) is 31.5 Å². The van der Waals surface area contributed by atoms with Crippen molar-refractivity contribution >= 4 is 34.3 Å². The second kappa shape index (κ2) is 9.33. The Labute approximate surface area is 197 Å². The quantitative estimate of drug-likeness (QED) is 0.305. The Morgan fingerprint density at radius 3 is 2.59 bits per heavy atom. The smallest absolute Gasteiger partial charge is 0.382 e. The Balaban J connectivity index is 2.08. The average Bonchev–Trinajstić information content (AvgIpc) is 2.94. The summed E-state index contributed by atoms with van der Waals surface area (Å²) in [5.41, 5.74) is -4.55. The molecule has 0 radical (unpaired) electrons. The van der Waals surface area contributed by atoms with E-state index in [1.54, 1.807) is 0 Å². The van der Waals surface area contributed by atoms with Crippen LogP contribution < -0.4 is 11.2 Å². The number of halogens is 6. The first-order valence-corrected chi connectivity index (χ1v) is 11.2. The van der Waals surface area contributed by atoms with Gasteiger partial charge in [0.1, 0.15) is 11.6 Å². The molecule has 1 N–H and O–H groups in total. The minimum absolute atomic E-state index is 0.0761. The summed E-state index contributed by atoms with van der Waals surface area (Å²) >= 11 is 6.64. The Morgan fingerprint density at radius 1 is 1.18 bits per heavy atom. The SMILES string of the molecule is COCCOC1CSc2c(-c3cc(Cl)c(F)cc3F)c(C(F)(F)F)cc3c(=O)[nH]c(=O)n(c23)C1. The Hall–Kier alpha value is -2.41. The largest absolute Gasteiger partial charge is 0.417 e. The summed E-state index contributed by atoms with van der Waals surface area (Å²) in [6.07, 6.45) is -5.65. The number of nitrogens with one attached hydrogen (secondary N) is 1. The van der Waals surface area contributed by atoms with E-state index in [4.69, 9.17) is 21.1 Å². The molecule has 0 amide bonds. The van der Waals surface area contributed by atoms with Gasteiger partial charge in [-0.25, -0.2) is 13.6 Å². The molecule has 4 rings (SSSR count). The highest BCUT2D eigenvalue weighted by Gasteiger charge is 2.38. The van der Waals surface area contributed by atoms with Gasteiger partial charge in [-0.3, -0.25) is 14.3 Å². The zero-order valence-electron chi connectivity index (χ0n) is 17.4. The maximum Gasteiger partial charge on any atom is 0.417 e. The molecular weight excluding hydrogens is 507 g/mol. The highest BCUT2D eigenvalue weighted by atomic mass is 35.5. The molecule has 182 valence electrons. The summed E-state index contributed by atoms with van der Waals surface area (Å²) in [4.78, 5) is 27.0. The van der Waals surface area contributed by atoms with Crippen molar-refractivity contribution in [3.8, 4) is 11.1 Å². The van der Waals surface area contributed by atoms with Crippen LogP contribution in [0.3, 0.4) is 0 Å². The topological polar surface area (TPSA) is 73.3 Å². The molecule has 3 aromatic rings. The predicted molar refractivity (Wildman–Crippen MR) is 117 cm³/mol. The fourth-order valence-electron chi connectivity index (χ4n) is 3.77. The van der Waals surface area contributed by atoms with Gasteiger partial charge in [-0.1, -0.05) is 11.6 Å². The monoisotopic (exact) mass is 522 g/mol. The lowest BCUT2D eigenvalue weighted by molar-refractivity contribution is -0.137. The van der Waals surface area contributed by atoms with Crippen molar-refractivity contribution in [1.29, 1.82) is 0 Å². The van der Waals surface area contributed by atoms with Crippen molar-refractivity contribution in [3.63, 3.8) is 0 Å². The number of ether oxygens (including phenoxy) is 2. The molecule has 1 aromatic heterocycles. The zero-order chi connectivity index (χ0) is 24.8. The first-order valence-electron chi connectivity index (χ1n) is 9.82. The van der Waals surface area contributed by atoms with E-state index in [0.29, 0.717) is 12.1 Å². The van der Waals surface area contributed by atoms with E-state index in [1.165, 1.54) is 7.11 Å². The van der Waals surface area contributed by atoms with E-state index < -0.39 is 62.3 Å². The van der Waals surface area contributed by atoms with Gasteiger partial charge >= 0.3 is 11.9 Å². The van der Waals surface area contributed by atoms with E-state index >= 15 is 0 Å². The number of methoxy groups -OCH3 is 1. The number of hydrogen-bond acceptors (Lipinski definition) is 5. The number of benzene rings is 2. The number of thioether (sulfide) groups is 1. The lowest BCUT2D eigenvalue weighted by Gasteiger charge is -2.20. The van der Waals surface area contributed by atoms with Crippen LogP contribution in [0.4, 0.5) is 22.0 Å². The van der Waals surface area contributed by atoms with E-state index in [0.717, 1.165) is 22.4 Å². The maximum absolute atomic E-state index is 14.8. The number of alkyl halides is 3. The second-order valence-corrected chi connectivity index (χ2v) is 8.87. The average molecular weight is 523 g/mol. The van der Waals surface area contributed by atoms with Gasteiger partial charge in [0.2, 0.25) is 0 Å². The number of aromatic nitrogens is 2.